The van der Waals surface area contributed by atoms with Gasteiger partial charge in [-0.2, -0.15) is 5.10 Å². The number of nitrogens with one attached hydrogen (secondary N) is 1. The van der Waals surface area contributed by atoms with Gasteiger partial charge >= 0.3 is 5.97 Å². The number of amides is 1. The maximum atomic E-state index is 12.1. The van der Waals surface area contributed by atoms with Crippen molar-refractivity contribution in [2.75, 3.05) is 18.1 Å². The number of carboxylic acid groups (broad SMARTS) is 1. The van der Waals surface area contributed by atoms with Gasteiger partial charge in [0.1, 0.15) is 0 Å². The number of nitrogens with zero attached hydrogens (tertiary/aromatic N) is 2. The number of hydrogen-bond donors (Lipinski definition) is 2. The molecule has 0 spiro atoms. The van der Waals surface area contributed by atoms with Gasteiger partial charge in [-0.15, -0.1) is 0 Å². The maximum Gasteiger partial charge on any atom is 0.304 e. The van der Waals surface area contributed by atoms with E-state index in [2.05, 4.69) is 10.4 Å². The molecule has 6 nitrogen and oxygen atoms in total. The van der Waals surface area contributed by atoms with Crippen molar-refractivity contribution >= 4 is 56.7 Å². The average molecular weight is 420 g/mol. The number of carbonyl (C=O) groups excluding carboxylic acids is 1. The van der Waals surface area contributed by atoms with Gasteiger partial charge in [0.15, 0.2) is 5.69 Å². The molecule has 10 heteroatoms. The molecule has 1 heterocycles. The average Bonchev–Trinajstić information content (AvgIpc) is 3.06. The van der Waals surface area contributed by atoms with Gasteiger partial charge in [-0.05, 0) is 24.3 Å². The van der Waals surface area contributed by atoms with Gasteiger partial charge in [0.2, 0.25) is 0 Å². The van der Waals surface area contributed by atoms with E-state index >= 15 is 0 Å². The standard InChI is InChI=1S/C15H15Cl2N3O3S2/c16-11-2-1-10(9-12(11)17)20-6-3-13(19-20)15(23)18-5-8-25-24-7-4-14(21)22/h1-3,6,9H,4-5,7-8H2,(H,18,23)(H,21,22). The highest BCUT2D eigenvalue weighted by atomic mass is 35.5. The molecule has 0 radical (unpaired) electrons. The van der Waals surface area contributed by atoms with Crippen molar-refractivity contribution in [3.05, 3.63) is 46.2 Å². The molecule has 0 aliphatic heterocycles. The topological polar surface area (TPSA) is 84.2 Å². The molecule has 0 saturated carbocycles. The van der Waals surface area contributed by atoms with Crippen LogP contribution < -0.4 is 5.32 Å². The quantitative estimate of drug-likeness (QED) is 0.475. The summed E-state index contributed by atoms with van der Waals surface area (Å²) in [7, 11) is 3.00. The number of aliphatic carboxylic acids is 1. The highest BCUT2D eigenvalue weighted by Crippen LogP contribution is 2.24. The van der Waals surface area contributed by atoms with E-state index in [4.69, 9.17) is 28.3 Å². The molecule has 0 atom stereocenters. The number of carbonyl (C=O) groups is 2. The van der Waals surface area contributed by atoms with Gasteiger partial charge in [-0.3, -0.25) is 9.59 Å². The summed E-state index contributed by atoms with van der Waals surface area (Å²) in [4.78, 5) is 22.4. The number of rotatable bonds is 9. The Bertz CT molecular complexity index is 755. The smallest absolute Gasteiger partial charge is 0.304 e. The summed E-state index contributed by atoms with van der Waals surface area (Å²) in [6.07, 6.45) is 1.81. The van der Waals surface area contributed by atoms with E-state index in [0.29, 0.717) is 39.5 Å². The summed E-state index contributed by atoms with van der Waals surface area (Å²) in [5, 5.41) is 16.4. The summed E-state index contributed by atoms with van der Waals surface area (Å²) in [5.74, 6) is 0.153. The van der Waals surface area contributed by atoms with Gasteiger partial charge in [0.25, 0.3) is 5.91 Å². The van der Waals surface area contributed by atoms with Crippen LogP contribution in [0.15, 0.2) is 30.5 Å². The fourth-order valence-corrected chi connectivity index (χ4v) is 3.94. The Morgan fingerprint density at radius 2 is 1.92 bits per heavy atom. The van der Waals surface area contributed by atoms with E-state index in [0.717, 1.165) is 0 Å². The van der Waals surface area contributed by atoms with E-state index < -0.39 is 5.97 Å². The molecule has 2 N–H and O–H groups in total. The Hall–Kier alpha value is -1.35. The maximum absolute atomic E-state index is 12.1. The van der Waals surface area contributed by atoms with Crippen LogP contribution in [0.4, 0.5) is 0 Å². The molecule has 0 fully saturated rings. The minimum absolute atomic E-state index is 0.135. The summed E-state index contributed by atoms with van der Waals surface area (Å²) in [6.45, 7) is 0.475. The molecule has 0 bridgehead atoms. The molecular weight excluding hydrogens is 405 g/mol. The Kier molecular flexibility index (Phi) is 7.95. The van der Waals surface area contributed by atoms with Crippen molar-refractivity contribution in [1.29, 1.82) is 0 Å². The Morgan fingerprint density at radius 3 is 2.64 bits per heavy atom. The second kappa shape index (κ2) is 9.96. The molecule has 1 amide bonds. The molecule has 1 aromatic heterocycles. The van der Waals surface area contributed by atoms with Crippen molar-refractivity contribution < 1.29 is 14.7 Å². The minimum Gasteiger partial charge on any atom is -0.481 e. The van der Waals surface area contributed by atoms with Crippen LogP contribution in [0.1, 0.15) is 16.9 Å². The zero-order valence-electron chi connectivity index (χ0n) is 12.9. The van der Waals surface area contributed by atoms with Crippen molar-refractivity contribution in [2.24, 2.45) is 0 Å². The lowest BCUT2D eigenvalue weighted by molar-refractivity contribution is -0.136. The zero-order chi connectivity index (χ0) is 18.2. The highest BCUT2D eigenvalue weighted by molar-refractivity contribution is 8.76. The van der Waals surface area contributed by atoms with Crippen LogP contribution in [0.2, 0.25) is 10.0 Å². The van der Waals surface area contributed by atoms with Crippen LogP contribution in [-0.4, -0.2) is 44.8 Å². The molecule has 1 aromatic carbocycles. The normalized spacial score (nSPS) is 10.6. The van der Waals surface area contributed by atoms with Gasteiger partial charge in [0, 0.05) is 24.2 Å². The molecule has 2 rings (SSSR count). The summed E-state index contributed by atoms with van der Waals surface area (Å²) in [6, 6.07) is 6.71. The molecule has 2 aromatic rings. The van der Waals surface area contributed by atoms with E-state index in [-0.39, 0.29) is 12.3 Å². The summed E-state index contributed by atoms with van der Waals surface area (Å²) in [5.41, 5.74) is 1.01. The monoisotopic (exact) mass is 419 g/mol. The first kappa shape index (κ1) is 20.0. The van der Waals surface area contributed by atoms with Gasteiger partial charge in [0.05, 0.1) is 22.2 Å². The van der Waals surface area contributed by atoms with Crippen LogP contribution in [0.5, 0.6) is 0 Å². The Morgan fingerprint density at radius 1 is 1.16 bits per heavy atom. The molecule has 0 saturated heterocycles. The lowest BCUT2D eigenvalue weighted by Gasteiger charge is -2.04. The van der Waals surface area contributed by atoms with Gasteiger partial charge in [-0.25, -0.2) is 4.68 Å². The van der Waals surface area contributed by atoms with Crippen LogP contribution in [0.25, 0.3) is 5.69 Å². The number of carboxylic acids is 1. The fourth-order valence-electron chi connectivity index (χ4n) is 1.76. The van der Waals surface area contributed by atoms with Crippen molar-refractivity contribution in [3.8, 4) is 5.69 Å². The third-order valence-corrected chi connectivity index (χ3v) is 6.09. The SMILES string of the molecule is O=C(O)CCSSCCNC(=O)c1ccn(-c2ccc(Cl)c(Cl)c2)n1. The lowest BCUT2D eigenvalue weighted by Crippen LogP contribution is -2.26. The Balaban J connectivity index is 1.78. The van der Waals surface area contributed by atoms with Crippen molar-refractivity contribution in [1.82, 2.24) is 15.1 Å². The summed E-state index contributed by atoms with van der Waals surface area (Å²) >= 11 is 11.9. The minimum atomic E-state index is -0.807. The number of hydrogen-bond acceptors (Lipinski definition) is 5. The summed E-state index contributed by atoms with van der Waals surface area (Å²) < 4.78 is 1.55. The molecule has 25 heavy (non-hydrogen) atoms. The van der Waals surface area contributed by atoms with Crippen LogP contribution in [0.3, 0.4) is 0 Å². The fraction of sp³-hybridized carbons (Fsp3) is 0.267. The highest BCUT2D eigenvalue weighted by Gasteiger charge is 2.10. The van der Waals surface area contributed by atoms with Crippen LogP contribution in [-0.2, 0) is 4.79 Å². The number of aromatic nitrogens is 2. The predicted molar refractivity (Wildman–Crippen MR) is 103 cm³/mol. The zero-order valence-corrected chi connectivity index (χ0v) is 16.1. The second-order valence-electron chi connectivity index (χ2n) is 4.79. The molecule has 0 aliphatic rings. The number of benzene rings is 1. The van der Waals surface area contributed by atoms with Crippen molar-refractivity contribution in [2.45, 2.75) is 6.42 Å². The Labute approximate surface area is 162 Å². The van der Waals surface area contributed by atoms with Gasteiger partial charge < -0.3 is 10.4 Å². The van der Waals surface area contributed by atoms with Crippen molar-refractivity contribution in [3.63, 3.8) is 0 Å². The first-order chi connectivity index (χ1) is 12.0. The first-order valence-electron chi connectivity index (χ1n) is 7.23. The van der Waals surface area contributed by atoms with E-state index in [1.165, 1.54) is 21.6 Å². The lowest BCUT2D eigenvalue weighted by atomic mass is 10.3. The van der Waals surface area contributed by atoms with E-state index in [1.807, 2.05) is 0 Å². The second-order valence-corrected chi connectivity index (χ2v) is 8.30. The van der Waals surface area contributed by atoms with E-state index in [9.17, 15) is 9.59 Å². The van der Waals surface area contributed by atoms with Crippen LogP contribution >= 0.6 is 44.8 Å². The third kappa shape index (κ3) is 6.47. The molecule has 0 aliphatic carbocycles. The largest absolute Gasteiger partial charge is 0.481 e. The number of halogens is 2. The molecular formula is C15H15Cl2N3O3S2. The predicted octanol–water partition coefficient (Wildman–Crippen LogP) is 3.77. The van der Waals surface area contributed by atoms with Gasteiger partial charge in [-0.1, -0.05) is 44.8 Å². The van der Waals surface area contributed by atoms with Crippen LogP contribution in [0, 0.1) is 0 Å². The van der Waals surface area contributed by atoms with E-state index in [1.54, 1.807) is 35.1 Å². The third-order valence-electron chi connectivity index (χ3n) is 2.94. The molecule has 134 valence electrons. The molecule has 0 unspecified atom stereocenters. The first-order valence-corrected chi connectivity index (χ1v) is 10.5.